The van der Waals surface area contributed by atoms with Crippen LogP contribution < -0.4 is 10.6 Å². The van der Waals surface area contributed by atoms with E-state index in [9.17, 15) is 0 Å². The summed E-state index contributed by atoms with van der Waals surface area (Å²) in [6, 6.07) is 11.1. The maximum absolute atomic E-state index is 4.41. The van der Waals surface area contributed by atoms with Crippen molar-refractivity contribution in [1.82, 2.24) is 20.4 Å². The first-order valence-electron chi connectivity index (χ1n) is 9.61. The quantitative estimate of drug-likeness (QED) is 0.387. The lowest BCUT2D eigenvalue weighted by Gasteiger charge is -2.38. The van der Waals surface area contributed by atoms with Crippen molar-refractivity contribution in [2.75, 3.05) is 13.6 Å². The Hall–Kier alpha value is -1.57. The molecule has 1 fully saturated rings. The van der Waals surface area contributed by atoms with Gasteiger partial charge in [0, 0.05) is 32.3 Å². The Morgan fingerprint density at radius 2 is 1.96 bits per heavy atom. The molecule has 6 heteroatoms. The molecule has 1 aliphatic carbocycles. The van der Waals surface area contributed by atoms with Crippen LogP contribution in [0.15, 0.2) is 41.5 Å². The van der Waals surface area contributed by atoms with Crippen LogP contribution in [0.25, 0.3) is 0 Å². The number of aromatic nitrogens is 2. The number of benzene rings is 1. The number of aliphatic imine (C=N–C) groups is 1. The highest BCUT2D eigenvalue weighted by Crippen LogP contribution is 2.39. The van der Waals surface area contributed by atoms with Gasteiger partial charge in [-0.25, -0.2) is 0 Å². The Morgan fingerprint density at radius 1 is 1.19 bits per heavy atom. The third kappa shape index (κ3) is 5.46. The Labute approximate surface area is 180 Å². The van der Waals surface area contributed by atoms with Gasteiger partial charge in [0.15, 0.2) is 5.96 Å². The third-order valence-corrected chi connectivity index (χ3v) is 5.62. The smallest absolute Gasteiger partial charge is 0.191 e. The van der Waals surface area contributed by atoms with E-state index in [2.05, 4.69) is 51.9 Å². The largest absolute Gasteiger partial charge is 0.356 e. The highest BCUT2D eigenvalue weighted by atomic mass is 127. The molecule has 1 heterocycles. The molecule has 0 spiro atoms. The third-order valence-electron chi connectivity index (χ3n) is 5.62. The molecule has 1 aromatic carbocycles. The van der Waals surface area contributed by atoms with Crippen molar-refractivity contribution in [3.8, 4) is 0 Å². The molecule has 2 N–H and O–H groups in total. The molecule has 27 heavy (non-hydrogen) atoms. The molecule has 0 unspecified atom stereocenters. The first kappa shape index (κ1) is 21.7. The van der Waals surface area contributed by atoms with E-state index in [1.54, 1.807) is 0 Å². The van der Waals surface area contributed by atoms with E-state index in [1.807, 2.05) is 31.0 Å². The van der Waals surface area contributed by atoms with Gasteiger partial charge in [0.25, 0.3) is 0 Å². The predicted octanol–water partition coefficient (Wildman–Crippen LogP) is 3.91. The van der Waals surface area contributed by atoms with E-state index < -0.39 is 0 Å². The van der Waals surface area contributed by atoms with Gasteiger partial charge < -0.3 is 10.6 Å². The van der Waals surface area contributed by atoms with Crippen LogP contribution in [0, 0.1) is 6.92 Å². The first-order chi connectivity index (χ1) is 12.6. The molecule has 0 radical (unpaired) electrons. The fourth-order valence-corrected chi connectivity index (χ4v) is 3.99. The second-order valence-corrected chi connectivity index (χ2v) is 7.44. The van der Waals surface area contributed by atoms with Gasteiger partial charge in [0.05, 0.1) is 12.2 Å². The van der Waals surface area contributed by atoms with Crippen LogP contribution in [0.3, 0.4) is 0 Å². The minimum absolute atomic E-state index is 0. The number of guanidine groups is 1. The number of hydrogen-bond acceptors (Lipinski definition) is 2. The lowest BCUT2D eigenvalue weighted by molar-refractivity contribution is 0.291. The number of rotatable bonds is 5. The molecule has 0 saturated heterocycles. The van der Waals surface area contributed by atoms with Gasteiger partial charge in [-0.05, 0) is 31.4 Å². The molecule has 0 atom stereocenters. The first-order valence-corrected chi connectivity index (χ1v) is 9.61. The summed E-state index contributed by atoms with van der Waals surface area (Å²) in [7, 11) is 3.79. The van der Waals surface area contributed by atoms with Gasteiger partial charge in [-0.1, -0.05) is 49.1 Å². The molecule has 0 aliphatic heterocycles. The number of halogens is 1. The van der Waals surface area contributed by atoms with Crippen LogP contribution in [0.2, 0.25) is 0 Å². The van der Waals surface area contributed by atoms with Crippen molar-refractivity contribution in [3.63, 3.8) is 0 Å². The van der Waals surface area contributed by atoms with Crippen LogP contribution in [0.5, 0.6) is 0 Å². The second kappa shape index (κ2) is 10.1. The molecule has 2 aromatic rings. The zero-order valence-electron chi connectivity index (χ0n) is 16.7. The van der Waals surface area contributed by atoms with Crippen molar-refractivity contribution in [2.24, 2.45) is 12.0 Å². The maximum atomic E-state index is 4.41. The van der Waals surface area contributed by atoms with E-state index >= 15 is 0 Å². The Bertz CT molecular complexity index is 747. The van der Waals surface area contributed by atoms with Gasteiger partial charge in [-0.3, -0.25) is 9.67 Å². The summed E-state index contributed by atoms with van der Waals surface area (Å²) in [5.74, 6) is 0.851. The van der Waals surface area contributed by atoms with E-state index in [0.717, 1.165) is 18.2 Å². The average Bonchev–Trinajstić information content (AvgIpc) is 3.07. The number of aryl methyl sites for hydroxylation is 2. The highest BCUT2D eigenvalue weighted by Gasteiger charge is 2.34. The summed E-state index contributed by atoms with van der Waals surface area (Å²) in [4.78, 5) is 4.41. The lowest BCUT2D eigenvalue weighted by Crippen LogP contribution is -2.46. The minimum Gasteiger partial charge on any atom is -0.356 e. The molecule has 148 valence electrons. The normalized spacial score (nSPS) is 16.5. The van der Waals surface area contributed by atoms with Crippen LogP contribution in [-0.4, -0.2) is 29.3 Å². The summed E-state index contributed by atoms with van der Waals surface area (Å²) < 4.78 is 1.88. The summed E-state index contributed by atoms with van der Waals surface area (Å²) in [6.45, 7) is 3.82. The fraction of sp³-hybridized carbons (Fsp3) is 0.524. The fourth-order valence-electron chi connectivity index (χ4n) is 3.99. The number of nitrogens with one attached hydrogen (secondary N) is 2. The van der Waals surface area contributed by atoms with Gasteiger partial charge in [-0.2, -0.15) is 5.10 Å². The van der Waals surface area contributed by atoms with E-state index in [-0.39, 0.29) is 29.4 Å². The molecule has 3 rings (SSSR count). The topological polar surface area (TPSA) is 54.2 Å². The SMILES string of the molecule is CN=C(NCc1ccnn1C)NCC1(c2cccc(C)c2)CCCCC1.I. The molecular weight excluding hydrogens is 449 g/mol. The van der Waals surface area contributed by atoms with Gasteiger partial charge >= 0.3 is 0 Å². The van der Waals surface area contributed by atoms with Gasteiger partial charge in [-0.15, -0.1) is 24.0 Å². The Kier molecular flexibility index (Phi) is 8.13. The van der Waals surface area contributed by atoms with Crippen LogP contribution in [-0.2, 0) is 19.0 Å². The van der Waals surface area contributed by atoms with Crippen molar-refractivity contribution >= 4 is 29.9 Å². The van der Waals surface area contributed by atoms with Gasteiger partial charge in [0.2, 0.25) is 0 Å². The minimum atomic E-state index is 0. The van der Waals surface area contributed by atoms with E-state index in [4.69, 9.17) is 0 Å². The summed E-state index contributed by atoms with van der Waals surface area (Å²) in [5.41, 5.74) is 4.14. The molecule has 1 aliphatic rings. The van der Waals surface area contributed by atoms with Crippen LogP contribution in [0.4, 0.5) is 0 Å². The molecule has 0 amide bonds. The summed E-state index contributed by atoms with van der Waals surface area (Å²) in [5, 5.41) is 11.2. The molecule has 0 bridgehead atoms. The predicted molar refractivity (Wildman–Crippen MR) is 123 cm³/mol. The van der Waals surface area contributed by atoms with E-state index in [1.165, 1.54) is 43.2 Å². The molecule has 5 nitrogen and oxygen atoms in total. The number of nitrogens with zero attached hydrogens (tertiary/aromatic N) is 3. The summed E-state index contributed by atoms with van der Waals surface area (Å²) >= 11 is 0. The Balaban J connectivity index is 0.00000261. The monoisotopic (exact) mass is 481 g/mol. The average molecular weight is 481 g/mol. The molecule has 1 aromatic heterocycles. The van der Waals surface area contributed by atoms with Crippen molar-refractivity contribution in [1.29, 1.82) is 0 Å². The standard InChI is InChI=1S/C21H31N5.HI/c1-17-8-7-9-18(14-17)21(11-5-4-6-12-21)16-24-20(22-2)23-15-19-10-13-25-26(19)3;/h7-10,13-14H,4-6,11-12,15-16H2,1-3H3,(H2,22,23,24);1H. The zero-order chi connectivity index (χ0) is 18.4. The van der Waals surface area contributed by atoms with Gasteiger partial charge in [0.1, 0.15) is 0 Å². The second-order valence-electron chi connectivity index (χ2n) is 7.44. The highest BCUT2D eigenvalue weighted by molar-refractivity contribution is 14.0. The Morgan fingerprint density at radius 3 is 2.59 bits per heavy atom. The summed E-state index contributed by atoms with van der Waals surface area (Å²) in [6.07, 6.45) is 8.25. The van der Waals surface area contributed by atoms with Crippen LogP contribution in [0.1, 0.15) is 48.9 Å². The lowest BCUT2D eigenvalue weighted by atomic mass is 9.69. The number of hydrogen-bond donors (Lipinski definition) is 2. The molecule has 1 saturated carbocycles. The maximum Gasteiger partial charge on any atom is 0.191 e. The zero-order valence-corrected chi connectivity index (χ0v) is 19.0. The van der Waals surface area contributed by atoms with Crippen molar-refractivity contribution in [2.45, 2.75) is 51.0 Å². The van der Waals surface area contributed by atoms with Crippen LogP contribution >= 0.6 is 24.0 Å². The van der Waals surface area contributed by atoms with E-state index in [0.29, 0.717) is 6.54 Å². The van der Waals surface area contributed by atoms with Crippen molar-refractivity contribution < 1.29 is 0 Å². The van der Waals surface area contributed by atoms with Crippen molar-refractivity contribution in [3.05, 3.63) is 53.3 Å². The molecular formula is C21H32IN5.